The van der Waals surface area contributed by atoms with Crippen LogP contribution in [-0.2, 0) is 28.6 Å². The van der Waals surface area contributed by atoms with Gasteiger partial charge in [0.2, 0.25) is 0 Å². The van der Waals surface area contributed by atoms with Crippen LogP contribution in [-0.4, -0.2) is 37.2 Å². The zero-order valence-electron chi connectivity index (χ0n) is 32.8. The van der Waals surface area contributed by atoms with Crippen LogP contribution in [0.1, 0.15) is 175 Å². The Labute approximate surface area is 312 Å². The Morgan fingerprint density at radius 3 is 1.37 bits per heavy atom. The molecule has 1 unspecified atom stereocenters. The number of esters is 3. The summed E-state index contributed by atoms with van der Waals surface area (Å²) in [5, 5.41) is 0. The van der Waals surface area contributed by atoms with E-state index >= 15 is 0 Å². The van der Waals surface area contributed by atoms with Crippen molar-refractivity contribution in [3.8, 4) is 0 Å². The Bertz CT molecular complexity index is 1000. The fraction of sp³-hybridized carbons (Fsp3) is 0.667. The van der Waals surface area contributed by atoms with Crippen molar-refractivity contribution >= 4 is 17.9 Å². The normalized spacial score (nSPS) is 12.8. The number of ether oxygens (including phenoxy) is 3. The maximum Gasteiger partial charge on any atom is 0.309 e. The Balaban J connectivity index is 4.44. The number of carbonyl (C=O) groups excluding carboxylic acids is 3. The van der Waals surface area contributed by atoms with Gasteiger partial charge in [0.25, 0.3) is 0 Å². The van der Waals surface area contributed by atoms with E-state index in [0.29, 0.717) is 12.8 Å². The summed E-state index contributed by atoms with van der Waals surface area (Å²) in [6, 6.07) is 0. The minimum absolute atomic E-state index is 0.111. The van der Waals surface area contributed by atoms with Gasteiger partial charge >= 0.3 is 17.9 Å². The number of carbonyl (C=O) groups is 3. The molecule has 0 radical (unpaired) electrons. The van der Waals surface area contributed by atoms with Crippen LogP contribution in [0, 0.1) is 0 Å². The van der Waals surface area contributed by atoms with Crippen molar-refractivity contribution in [1.82, 2.24) is 0 Å². The van der Waals surface area contributed by atoms with Crippen molar-refractivity contribution in [3.63, 3.8) is 0 Å². The topological polar surface area (TPSA) is 78.9 Å². The molecule has 0 aromatic heterocycles. The van der Waals surface area contributed by atoms with E-state index in [-0.39, 0.29) is 31.6 Å². The van der Waals surface area contributed by atoms with E-state index in [4.69, 9.17) is 14.2 Å². The maximum atomic E-state index is 12.6. The molecule has 0 heterocycles. The molecule has 6 heteroatoms. The molecule has 1 atom stereocenters. The van der Waals surface area contributed by atoms with E-state index in [1.807, 2.05) is 6.08 Å². The monoisotopic (exact) mass is 711 g/mol. The number of hydrogen-bond acceptors (Lipinski definition) is 6. The van der Waals surface area contributed by atoms with Crippen molar-refractivity contribution in [3.05, 3.63) is 72.9 Å². The second-order valence-electron chi connectivity index (χ2n) is 13.2. The molecule has 0 aromatic rings. The number of allylic oxidation sites excluding steroid dienone is 11. The quantitative estimate of drug-likeness (QED) is 0.0282. The van der Waals surface area contributed by atoms with E-state index < -0.39 is 12.1 Å². The lowest BCUT2D eigenvalue weighted by molar-refractivity contribution is -0.166. The van der Waals surface area contributed by atoms with E-state index in [9.17, 15) is 14.4 Å². The van der Waals surface area contributed by atoms with Crippen LogP contribution >= 0.6 is 0 Å². The maximum absolute atomic E-state index is 12.6. The minimum atomic E-state index is -0.812. The van der Waals surface area contributed by atoms with E-state index in [1.165, 1.54) is 38.5 Å². The molecule has 0 N–H and O–H groups in total. The van der Waals surface area contributed by atoms with Gasteiger partial charge < -0.3 is 14.2 Å². The Kier molecular flexibility index (Phi) is 37.2. The SMILES string of the molecule is CC/C=C\C/C=C\C/C=C\C/C=C\C/C=C\CC(=O)OCC(COC(=O)CCCCCCC)OC(=O)CCCCCCC/C=C\CCCCCC. The van der Waals surface area contributed by atoms with Crippen molar-refractivity contribution in [2.24, 2.45) is 0 Å². The van der Waals surface area contributed by atoms with Crippen LogP contribution < -0.4 is 0 Å². The number of hydrogen-bond donors (Lipinski definition) is 0. The Hall–Kier alpha value is -3.15. The summed E-state index contributed by atoms with van der Waals surface area (Å²) in [4.78, 5) is 37.3. The molecule has 0 aliphatic carbocycles. The largest absolute Gasteiger partial charge is 0.462 e. The first-order chi connectivity index (χ1) is 25.0. The molecule has 0 aromatic carbocycles. The molecule has 290 valence electrons. The van der Waals surface area contributed by atoms with Crippen LogP contribution in [0.4, 0.5) is 0 Å². The van der Waals surface area contributed by atoms with Crippen LogP contribution in [0.15, 0.2) is 72.9 Å². The predicted octanol–water partition coefficient (Wildman–Crippen LogP) is 12.7. The van der Waals surface area contributed by atoms with Crippen molar-refractivity contribution in [2.45, 2.75) is 181 Å². The van der Waals surface area contributed by atoms with Crippen molar-refractivity contribution in [2.75, 3.05) is 13.2 Å². The molecular formula is C45H74O6. The summed E-state index contributed by atoms with van der Waals surface area (Å²) >= 11 is 0. The minimum Gasteiger partial charge on any atom is -0.462 e. The second-order valence-corrected chi connectivity index (χ2v) is 13.2. The van der Waals surface area contributed by atoms with Crippen molar-refractivity contribution < 1.29 is 28.6 Å². The highest BCUT2D eigenvalue weighted by Gasteiger charge is 2.19. The molecule has 0 aliphatic heterocycles. The van der Waals surface area contributed by atoms with Gasteiger partial charge in [0, 0.05) is 12.8 Å². The summed E-state index contributed by atoms with van der Waals surface area (Å²) in [5.74, 6) is -1.08. The average molecular weight is 711 g/mol. The number of rotatable bonds is 35. The van der Waals surface area contributed by atoms with Gasteiger partial charge in [-0.15, -0.1) is 0 Å². The van der Waals surface area contributed by atoms with Gasteiger partial charge in [0.15, 0.2) is 6.10 Å². The number of unbranched alkanes of at least 4 members (excludes halogenated alkanes) is 13. The smallest absolute Gasteiger partial charge is 0.309 e. The standard InChI is InChI=1S/C45H74O6/c1-4-7-10-13-15-17-19-21-22-24-25-27-29-32-35-38-44(47)50-41-42(40-49-43(46)37-34-31-12-9-6-3)51-45(48)39-36-33-30-28-26-23-20-18-16-14-11-8-5-2/h7,10,15,17-18,20-22,25,27,32,35,42H,4-6,8-9,11-14,16,19,23-24,26,28-31,33-34,36-41H2,1-3H3/b10-7-,17-15-,20-18-,22-21-,27-25-,35-32-. The van der Waals surface area contributed by atoms with Gasteiger partial charge in [0.1, 0.15) is 13.2 Å². The molecule has 0 aliphatic rings. The fourth-order valence-electron chi connectivity index (χ4n) is 5.15. The predicted molar refractivity (Wildman–Crippen MR) is 214 cm³/mol. The lowest BCUT2D eigenvalue weighted by Gasteiger charge is -2.18. The summed E-state index contributed by atoms with van der Waals surface area (Å²) in [5.41, 5.74) is 0. The summed E-state index contributed by atoms with van der Waals surface area (Å²) in [6.45, 7) is 6.29. The van der Waals surface area contributed by atoms with Gasteiger partial charge in [-0.05, 0) is 70.6 Å². The van der Waals surface area contributed by atoms with Crippen LogP contribution in [0.2, 0.25) is 0 Å². The van der Waals surface area contributed by atoms with Gasteiger partial charge in [0.05, 0.1) is 6.42 Å². The third-order valence-electron chi connectivity index (χ3n) is 8.23. The molecule has 0 amide bonds. The van der Waals surface area contributed by atoms with Crippen LogP contribution in [0.3, 0.4) is 0 Å². The first-order valence-corrected chi connectivity index (χ1v) is 20.4. The summed E-state index contributed by atoms with van der Waals surface area (Å²) in [6.07, 6.45) is 47.9. The average Bonchev–Trinajstić information content (AvgIpc) is 3.12. The molecule has 0 fully saturated rings. The zero-order valence-corrected chi connectivity index (χ0v) is 32.8. The highest BCUT2D eigenvalue weighted by Crippen LogP contribution is 2.11. The van der Waals surface area contributed by atoms with Crippen molar-refractivity contribution in [1.29, 1.82) is 0 Å². The summed E-state index contributed by atoms with van der Waals surface area (Å²) < 4.78 is 16.4. The molecule has 0 rings (SSSR count). The summed E-state index contributed by atoms with van der Waals surface area (Å²) in [7, 11) is 0. The van der Waals surface area contributed by atoms with Gasteiger partial charge in [-0.3, -0.25) is 14.4 Å². The van der Waals surface area contributed by atoms with E-state index in [0.717, 1.165) is 96.3 Å². The molecular weight excluding hydrogens is 636 g/mol. The highest BCUT2D eigenvalue weighted by atomic mass is 16.6. The molecule has 0 saturated carbocycles. The third-order valence-corrected chi connectivity index (χ3v) is 8.23. The molecule has 0 spiro atoms. The molecule has 6 nitrogen and oxygen atoms in total. The zero-order chi connectivity index (χ0) is 37.3. The van der Waals surface area contributed by atoms with Gasteiger partial charge in [-0.1, -0.05) is 158 Å². The van der Waals surface area contributed by atoms with Gasteiger partial charge in [-0.25, -0.2) is 0 Å². The first kappa shape index (κ1) is 47.8. The second kappa shape index (κ2) is 39.6. The Morgan fingerprint density at radius 1 is 0.431 bits per heavy atom. The van der Waals surface area contributed by atoms with Gasteiger partial charge in [-0.2, -0.15) is 0 Å². The Morgan fingerprint density at radius 2 is 0.843 bits per heavy atom. The van der Waals surface area contributed by atoms with E-state index in [2.05, 4.69) is 81.5 Å². The van der Waals surface area contributed by atoms with Crippen LogP contribution in [0.5, 0.6) is 0 Å². The molecule has 51 heavy (non-hydrogen) atoms. The van der Waals surface area contributed by atoms with Crippen LogP contribution in [0.25, 0.3) is 0 Å². The lowest BCUT2D eigenvalue weighted by atomic mass is 10.1. The first-order valence-electron chi connectivity index (χ1n) is 20.4. The fourth-order valence-corrected chi connectivity index (χ4v) is 5.15. The molecule has 0 saturated heterocycles. The molecule has 0 bridgehead atoms. The highest BCUT2D eigenvalue weighted by molar-refractivity contribution is 5.72. The van der Waals surface area contributed by atoms with E-state index in [1.54, 1.807) is 6.08 Å². The lowest BCUT2D eigenvalue weighted by Crippen LogP contribution is -2.30. The third kappa shape index (κ3) is 37.9.